The van der Waals surface area contributed by atoms with Gasteiger partial charge in [0.25, 0.3) is 5.56 Å². The fourth-order valence-electron chi connectivity index (χ4n) is 3.44. The van der Waals surface area contributed by atoms with Gasteiger partial charge in [-0.25, -0.2) is 4.98 Å². The maximum Gasteiger partial charge on any atom is 0.293 e. The van der Waals surface area contributed by atoms with E-state index in [0.717, 1.165) is 42.9 Å². The normalized spacial score (nSPS) is 15.4. The molecule has 158 valence electrons. The molecular weight excluding hydrogens is 390 g/mol. The molecule has 2 aromatic carbocycles. The first kappa shape index (κ1) is 20.9. The minimum Gasteiger partial charge on any atom is -0.502 e. The second-order valence-corrected chi connectivity index (χ2v) is 7.61. The van der Waals surface area contributed by atoms with Crippen LogP contribution in [0.25, 0.3) is 0 Å². The number of aryl methyl sites for hydroxylation is 2. The summed E-state index contributed by atoms with van der Waals surface area (Å²) in [6, 6.07) is 16.7. The second-order valence-electron chi connectivity index (χ2n) is 7.61. The second kappa shape index (κ2) is 10.1. The number of H-pyrrole nitrogens is 1. The number of hydrogen-bond acceptors (Lipinski definition) is 5. The van der Waals surface area contributed by atoms with Crippen LogP contribution in [0.2, 0.25) is 0 Å². The zero-order valence-electron chi connectivity index (χ0n) is 17.2. The van der Waals surface area contributed by atoms with Gasteiger partial charge >= 0.3 is 0 Å². The molecule has 2 heterocycles. The Balaban J connectivity index is 1.30. The Hall–Kier alpha value is -3.40. The third-order valence-electron chi connectivity index (χ3n) is 5.34. The first-order valence-corrected chi connectivity index (χ1v) is 10.4. The van der Waals surface area contributed by atoms with Crippen LogP contribution in [0, 0.1) is 11.8 Å². The van der Waals surface area contributed by atoms with Crippen LogP contribution in [0.1, 0.15) is 34.4 Å². The molecule has 0 saturated carbocycles. The standard InChI is InChI=1S/C25H25N3O3/c29-24-23(27-17-28-25(24)30)12-11-20-5-3-18(4-6-20)1-2-19-7-9-21(10-8-19)15-26-22-13-14-31-16-22/h3-10,17,22,26,29H,11-16H2,(H,27,28,30). The number of hydrogen-bond donors (Lipinski definition) is 3. The summed E-state index contributed by atoms with van der Waals surface area (Å²) in [5, 5.41) is 13.3. The summed E-state index contributed by atoms with van der Waals surface area (Å²) in [6.07, 6.45) is 3.56. The van der Waals surface area contributed by atoms with Crippen molar-refractivity contribution in [2.45, 2.75) is 31.8 Å². The van der Waals surface area contributed by atoms with Gasteiger partial charge < -0.3 is 20.1 Å². The molecule has 3 aromatic rings. The quantitative estimate of drug-likeness (QED) is 0.539. The smallest absolute Gasteiger partial charge is 0.293 e. The van der Waals surface area contributed by atoms with E-state index in [4.69, 9.17) is 4.74 Å². The number of aromatic amines is 1. The Kier molecular flexibility index (Phi) is 6.78. The van der Waals surface area contributed by atoms with Crippen molar-refractivity contribution in [2.24, 2.45) is 0 Å². The molecule has 0 bridgehead atoms. The number of aromatic nitrogens is 2. The minimum atomic E-state index is -0.511. The average Bonchev–Trinajstić information content (AvgIpc) is 3.32. The minimum absolute atomic E-state index is 0.306. The van der Waals surface area contributed by atoms with Crippen molar-refractivity contribution in [1.82, 2.24) is 15.3 Å². The zero-order chi connectivity index (χ0) is 21.5. The van der Waals surface area contributed by atoms with E-state index in [1.807, 2.05) is 36.4 Å². The van der Waals surface area contributed by atoms with Gasteiger partial charge in [0.15, 0.2) is 0 Å². The fourth-order valence-corrected chi connectivity index (χ4v) is 3.44. The van der Waals surface area contributed by atoms with Gasteiger partial charge in [-0.3, -0.25) is 4.79 Å². The van der Waals surface area contributed by atoms with Gasteiger partial charge in [0, 0.05) is 30.3 Å². The number of aromatic hydroxyl groups is 1. The summed E-state index contributed by atoms with van der Waals surface area (Å²) >= 11 is 0. The van der Waals surface area contributed by atoms with Crippen LogP contribution in [0.3, 0.4) is 0 Å². The van der Waals surface area contributed by atoms with Crippen molar-refractivity contribution >= 4 is 0 Å². The Morgan fingerprint density at radius 3 is 2.35 bits per heavy atom. The highest BCUT2D eigenvalue weighted by Crippen LogP contribution is 2.12. The van der Waals surface area contributed by atoms with Crippen LogP contribution in [0.15, 0.2) is 59.7 Å². The Morgan fingerprint density at radius 2 is 1.71 bits per heavy atom. The van der Waals surface area contributed by atoms with Crippen molar-refractivity contribution in [2.75, 3.05) is 13.2 Å². The van der Waals surface area contributed by atoms with Crippen molar-refractivity contribution in [3.63, 3.8) is 0 Å². The van der Waals surface area contributed by atoms with Crippen LogP contribution in [0.5, 0.6) is 5.75 Å². The summed E-state index contributed by atoms with van der Waals surface area (Å²) in [5.41, 5.74) is 4.14. The number of benzene rings is 2. The molecule has 0 radical (unpaired) electrons. The first-order valence-electron chi connectivity index (χ1n) is 10.4. The van der Waals surface area contributed by atoms with E-state index >= 15 is 0 Å². The van der Waals surface area contributed by atoms with Gasteiger partial charge in [0.2, 0.25) is 5.75 Å². The summed E-state index contributed by atoms with van der Waals surface area (Å²) in [7, 11) is 0. The summed E-state index contributed by atoms with van der Waals surface area (Å²) < 4.78 is 5.38. The number of rotatable bonds is 6. The Morgan fingerprint density at radius 1 is 1.03 bits per heavy atom. The highest BCUT2D eigenvalue weighted by Gasteiger charge is 2.14. The molecule has 6 heteroatoms. The van der Waals surface area contributed by atoms with E-state index in [1.165, 1.54) is 11.9 Å². The summed E-state index contributed by atoms with van der Waals surface area (Å²) in [5.74, 6) is 6.09. The van der Waals surface area contributed by atoms with Gasteiger partial charge in [-0.1, -0.05) is 36.1 Å². The van der Waals surface area contributed by atoms with E-state index < -0.39 is 5.56 Å². The molecule has 1 aromatic heterocycles. The van der Waals surface area contributed by atoms with E-state index in [-0.39, 0.29) is 5.75 Å². The Bertz CT molecular complexity index is 1120. The van der Waals surface area contributed by atoms with Gasteiger partial charge in [0.05, 0.1) is 18.6 Å². The molecular formula is C25H25N3O3. The van der Waals surface area contributed by atoms with Gasteiger partial charge in [-0.2, -0.15) is 0 Å². The molecule has 6 nitrogen and oxygen atoms in total. The number of nitrogens with zero attached hydrogens (tertiary/aromatic N) is 1. The molecule has 4 rings (SSSR count). The summed E-state index contributed by atoms with van der Waals surface area (Å²) in [4.78, 5) is 17.8. The molecule has 1 saturated heterocycles. The molecule has 1 unspecified atom stereocenters. The van der Waals surface area contributed by atoms with Crippen molar-refractivity contribution in [3.8, 4) is 17.6 Å². The highest BCUT2D eigenvalue weighted by atomic mass is 16.5. The lowest BCUT2D eigenvalue weighted by Crippen LogP contribution is -2.28. The van der Waals surface area contributed by atoms with Gasteiger partial charge in [-0.15, -0.1) is 0 Å². The molecule has 1 aliphatic rings. The third kappa shape index (κ3) is 5.82. The summed E-state index contributed by atoms with van der Waals surface area (Å²) in [6.45, 7) is 2.49. The maximum atomic E-state index is 11.4. The van der Waals surface area contributed by atoms with Crippen LogP contribution >= 0.6 is 0 Å². The average molecular weight is 415 g/mol. The maximum absolute atomic E-state index is 11.4. The largest absolute Gasteiger partial charge is 0.502 e. The molecule has 0 spiro atoms. The van der Waals surface area contributed by atoms with Crippen molar-refractivity contribution in [3.05, 3.63) is 93.2 Å². The number of ether oxygens (including phenoxy) is 1. The lowest BCUT2D eigenvalue weighted by Gasteiger charge is -2.10. The molecule has 3 N–H and O–H groups in total. The SMILES string of the molecule is O=c1[nH]cnc(CCc2ccc(C#Cc3ccc(CNC4CCOC4)cc3)cc2)c1O. The lowest BCUT2D eigenvalue weighted by molar-refractivity contribution is 0.190. The monoisotopic (exact) mass is 415 g/mol. The van der Waals surface area contributed by atoms with E-state index in [1.54, 1.807) is 0 Å². The molecule has 1 atom stereocenters. The first-order chi connectivity index (χ1) is 15.2. The Labute approximate surface area is 181 Å². The van der Waals surface area contributed by atoms with E-state index in [9.17, 15) is 9.90 Å². The van der Waals surface area contributed by atoms with Crippen LogP contribution in [-0.2, 0) is 24.1 Å². The number of nitrogens with one attached hydrogen (secondary N) is 2. The predicted molar refractivity (Wildman–Crippen MR) is 119 cm³/mol. The van der Waals surface area contributed by atoms with Crippen LogP contribution in [-0.4, -0.2) is 34.3 Å². The zero-order valence-corrected chi connectivity index (χ0v) is 17.2. The molecule has 0 amide bonds. The lowest BCUT2D eigenvalue weighted by atomic mass is 10.1. The van der Waals surface area contributed by atoms with E-state index in [2.05, 4.69) is 39.3 Å². The third-order valence-corrected chi connectivity index (χ3v) is 5.34. The predicted octanol–water partition coefficient (Wildman–Crippen LogP) is 2.54. The van der Waals surface area contributed by atoms with Crippen LogP contribution < -0.4 is 10.9 Å². The van der Waals surface area contributed by atoms with E-state index in [0.29, 0.717) is 24.6 Å². The highest BCUT2D eigenvalue weighted by molar-refractivity contribution is 5.44. The fraction of sp³-hybridized carbons (Fsp3) is 0.280. The van der Waals surface area contributed by atoms with Gasteiger partial charge in [-0.05, 0) is 54.7 Å². The molecule has 31 heavy (non-hydrogen) atoms. The van der Waals surface area contributed by atoms with Crippen LogP contribution in [0.4, 0.5) is 0 Å². The van der Waals surface area contributed by atoms with Crippen molar-refractivity contribution < 1.29 is 9.84 Å². The topological polar surface area (TPSA) is 87.2 Å². The molecule has 1 aliphatic heterocycles. The molecule has 1 fully saturated rings. The van der Waals surface area contributed by atoms with Gasteiger partial charge in [0.1, 0.15) is 0 Å². The molecule has 0 aliphatic carbocycles. The van der Waals surface area contributed by atoms with Crippen molar-refractivity contribution in [1.29, 1.82) is 0 Å².